The van der Waals surface area contributed by atoms with Crippen molar-refractivity contribution in [3.63, 3.8) is 0 Å². The third-order valence-corrected chi connectivity index (χ3v) is 5.47. The van der Waals surface area contributed by atoms with E-state index in [1.165, 1.54) is 24.1 Å². The molecule has 2 aliphatic rings. The Kier molecular flexibility index (Phi) is 5.07. The summed E-state index contributed by atoms with van der Waals surface area (Å²) in [4.78, 5) is 12.6. The number of rotatable bonds is 7. The van der Waals surface area contributed by atoms with Gasteiger partial charge in [-0.25, -0.2) is 0 Å². The van der Waals surface area contributed by atoms with Crippen molar-refractivity contribution in [3.8, 4) is 0 Å². The molecule has 0 aliphatic heterocycles. The maximum Gasteiger partial charge on any atom is 0.272 e. The minimum absolute atomic E-state index is 0.0431. The molecule has 1 unspecified atom stereocenters. The summed E-state index contributed by atoms with van der Waals surface area (Å²) >= 11 is 0. The first-order chi connectivity index (χ1) is 12.7. The Morgan fingerprint density at radius 1 is 1.23 bits per heavy atom. The van der Waals surface area contributed by atoms with Crippen molar-refractivity contribution in [1.82, 2.24) is 20.4 Å². The molecule has 1 fully saturated rings. The number of fused-ring (bicyclic) bond motifs is 1. The van der Waals surface area contributed by atoms with Gasteiger partial charge in [0.25, 0.3) is 5.91 Å². The summed E-state index contributed by atoms with van der Waals surface area (Å²) in [5, 5.41) is 11.4. The first-order valence-corrected chi connectivity index (χ1v) is 9.88. The molecule has 1 saturated carbocycles. The van der Waals surface area contributed by atoms with Crippen molar-refractivity contribution in [3.05, 3.63) is 52.8 Å². The Hall–Kier alpha value is -2.14. The van der Waals surface area contributed by atoms with Crippen LogP contribution >= 0.6 is 0 Å². The van der Waals surface area contributed by atoms with Gasteiger partial charge in [-0.05, 0) is 57.1 Å². The summed E-state index contributed by atoms with van der Waals surface area (Å²) in [6.07, 6.45) is 5.74. The Morgan fingerprint density at radius 2 is 2.04 bits per heavy atom. The maximum absolute atomic E-state index is 12.6. The first kappa shape index (κ1) is 17.3. The van der Waals surface area contributed by atoms with Gasteiger partial charge < -0.3 is 10.6 Å². The van der Waals surface area contributed by atoms with Crippen molar-refractivity contribution >= 4 is 5.91 Å². The van der Waals surface area contributed by atoms with E-state index < -0.39 is 0 Å². The fourth-order valence-electron chi connectivity index (χ4n) is 3.83. The lowest BCUT2D eigenvalue weighted by molar-refractivity contribution is 0.0949. The molecule has 0 radical (unpaired) electrons. The number of carbonyl (C=O) groups excluding carboxylic acids is 1. The highest BCUT2D eigenvalue weighted by Crippen LogP contribution is 2.29. The summed E-state index contributed by atoms with van der Waals surface area (Å²) in [5.41, 5.74) is 4.22. The van der Waals surface area contributed by atoms with Crippen LogP contribution < -0.4 is 10.6 Å². The third kappa shape index (κ3) is 3.83. The molecular formula is C21H28N4O. The summed E-state index contributed by atoms with van der Waals surface area (Å²) in [7, 11) is 0. The van der Waals surface area contributed by atoms with Crippen LogP contribution in [0.25, 0.3) is 0 Å². The lowest BCUT2D eigenvalue weighted by atomic mass is 9.91. The van der Waals surface area contributed by atoms with Crippen LogP contribution in [0.15, 0.2) is 30.3 Å². The van der Waals surface area contributed by atoms with Gasteiger partial charge in [-0.15, -0.1) is 0 Å². The van der Waals surface area contributed by atoms with Crippen LogP contribution in [0.2, 0.25) is 0 Å². The van der Waals surface area contributed by atoms with Crippen LogP contribution in [-0.2, 0) is 19.4 Å². The van der Waals surface area contributed by atoms with E-state index in [9.17, 15) is 4.79 Å². The molecule has 0 bridgehead atoms. The average molecular weight is 352 g/mol. The van der Waals surface area contributed by atoms with Gasteiger partial charge in [0.05, 0.1) is 6.54 Å². The van der Waals surface area contributed by atoms with E-state index in [1.807, 2.05) is 29.8 Å². The molecule has 1 amide bonds. The van der Waals surface area contributed by atoms with Gasteiger partial charge in [0.15, 0.2) is 5.69 Å². The standard InChI is InChI=1S/C21H28N4O/c1-2-22-21(26)20-18-12-17(23-13-15-8-9-15)10-11-19(18)25(24-20)14-16-6-4-3-5-7-16/h3-7,15,17,23H,2,8-14H2,1H3,(H,22,26). The summed E-state index contributed by atoms with van der Waals surface area (Å²) in [6, 6.07) is 10.8. The molecule has 1 aromatic heterocycles. The fraction of sp³-hybridized carbons (Fsp3) is 0.524. The molecule has 1 atom stereocenters. The number of benzene rings is 1. The van der Waals surface area contributed by atoms with Gasteiger partial charge in [0, 0.05) is 23.8 Å². The van der Waals surface area contributed by atoms with Gasteiger partial charge in [0.1, 0.15) is 0 Å². The Balaban J connectivity index is 1.58. The zero-order valence-electron chi connectivity index (χ0n) is 15.5. The van der Waals surface area contributed by atoms with Crippen molar-refractivity contribution in [2.24, 2.45) is 5.92 Å². The molecule has 4 rings (SSSR count). The van der Waals surface area contributed by atoms with Crippen LogP contribution in [0.1, 0.15) is 53.5 Å². The van der Waals surface area contributed by atoms with Gasteiger partial charge in [-0.1, -0.05) is 30.3 Å². The largest absolute Gasteiger partial charge is 0.351 e. The predicted molar refractivity (Wildman–Crippen MR) is 102 cm³/mol. The Labute approximate surface area is 155 Å². The van der Waals surface area contributed by atoms with Gasteiger partial charge in [0.2, 0.25) is 0 Å². The highest BCUT2D eigenvalue weighted by atomic mass is 16.1. The smallest absolute Gasteiger partial charge is 0.272 e. The molecule has 138 valence electrons. The van der Waals surface area contributed by atoms with Gasteiger partial charge in [-0.3, -0.25) is 9.48 Å². The number of aromatic nitrogens is 2. The highest BCUT2D eigenvalue weighted by molar-refractivity contribution is 5.94. The summed E-state index contributed by atoms with van der Waals surface area (Å²) in [6.45, 7) is 4.42. The second-order valence-electron chi connectivity index (χ2n) is 7.57. The highest BCUT2D eigenvalue weighted by Gasteiger charge is 2.30. The molecule has 2 N–H and O–H groups in total. The van der Waals surface area contributed by atoms with Gasteiger partial charge in [-0.2, -0.15) is 5.10 Å². The molecule has 2 aliphatic carbocycles. The van der Waals surface area contributed by atoms with Crippen LogP contribution in [0.5, 0.6) is 0 Å². The van der Waals surface area contributed by atoms with Crippen molar-refractivity contribution < 1.29 is 4.79 Å². The second kappa shape index (κ2) is 7.62. The number of amides is 1. The third-order valence-electron chi connectivity index (χ3n) is 5.47. The van der Waals surface area contributed by atoms with E-state index in [1.54, 1.807) is 0 Å². The second-order valence-corrected chi connectivity index (χ2v) is 7.57. The summed E-state index contributed by atoms with van der Waals surface area (Å²) in [5.74, 6) is 0.832. The van der Waals surface area contributed by atoms with E-state index in [-0.39, 0.29) is 5.91 Å². The number of nitrogens with zero attached hydrogens (tertiary/aromatic N) is 2. The zero-order valence-corrected chi connectivity index (χ0v) is 15.5. The number of nitrogens with one attached hydrogen (secondary N) is 2. The average Bonchev–Trinajstić information content (AvgIpc) is 3.43. The number of hydrogen-bond donors (Lipinski definition) is 2. The molecule has 0 saturated heterocycles. The molecule has 2 aromatic rings. The number of carbonyl (C=O) groups is 1. The van der Waals surface area contributed by atoms with E-state index in [4.69, 9.17) is 5.10 Å². The SMILES string of the molecule is CCNC(=O)c1nn(Cc2ccccc2)c2c1CC(NCC1CC1)CC2. The lowest BCUT2D eigenvalue weighted by Crippen LogP contribution is -2.36. The minimum Gasteiger partial charge on any atom is -0.351 e. The zero-order chi connectivity index (χ0) is 17.9. The van der Waals surface area contributed by atoms with E-state index in [2.05, 4.69) is 22.8 Å². The molecule has 1 aromatic carbocycles. The molecule has 1 heterocycles. The van der Waals surface area contributed by atoms with Gasteiger partial charge >= 0.3 is 0 Å². The summed E-state index contributed by atoms with van der Waals surface area (Å²) < 4.78 is 2.05. The van der Waals surface area contributed by atoms with E-state index in [0.717, 1.165) is 43.8 Å². The van der Waals surface area contributed by atoms with Crippen molar-refractivity contribution in [2.75, 3.05) is 13.1 Å². The number of hydrogen-bond acceptors (Lipinski definition) is 3. The lowest BCUT2D eigenvalue weighted by Gasteiger charge is -2.24. The molecule has 26 heavy (non-hydrogen) atoms. The van der Waals surface area contributed by atoms with Crippen LogP contribution in [-0.4, -0.2) is 34.8 Å². The topological polar surface area (TPSA) is 59.0 Å². The quantitative estimate of drug-likeness (QED) is 0.805. The minimum atomic E-state index is -0.0431. The van der Waals surface area contributed by atoms with Crippen molar-refractivity contribution in [1.29, 1.82) is 0 Å². The van der Waals surface area contributed by atoms with Crippen LogP contribution in [0.3, 0.4) is 0 Å². The van der Waals surface area contributed by atoms with E-state index >= 15 is 0 Å². The normalized spacial score (nSPS) is 19.2. The molecule has 5 heteroatoms. The Bertz CT molecular complexity index is 764. The monoisotopic (exact) mass is 352 g/mol. The van der Waals surface area contributed by atoms with Crippen LogP contribution in [0, 0.1) is 5.92 Å². The first-order valence-electron chi connectivity index (χ1n) is 9.88. The molecule has 0 spiro atoms. The van der Waals surface area contributed by atoms with E-state index in [0.29, 0.717) is 18.3 Å². The molecule has 5 nitrogen and oxygen atoms in total. The maximum atomic E-state index is 12.6. The predicted octanol–water partition coefficient (Wildman–Crippen LogP) is 2.54. The Morgan fingerprint density at radius 3 is 2.77 bits per heavy atom. The van der Waals surface area contributed by atoms with Crippen molar-refractivity contribution in [2.45, 2.75) is 51.6 Å². The molecular weight excluding hydrogens is 324 g/mol. The fourth-order valence-corrected chi connectivity index (χ4v) is 3.83. The van der Waals surface area contributed by atoms with Crippen LogP contribution in [0.4, 0.5) is 0 Å².